The van der Waals surface area contributed by atoms with Crippen molar-refractivity contribution in [1.82, 2.24) is 0 Å². The Morgan fingerprint density at radius 2 is 1.82 bits per heavy atom. The number of fused-ring (bicyclic) bond motifs is 5. The minimum absolute atomic E-state index is 0.0889. The summed E-state index contributed by atoms with van der Waals surface area (Å²) in [5, 5.41) is 0. The van der Waals surface area contributed by atoms with Gasteiger partial charge in [-0.1, -0.05) is 33.6 Å². The molecule has 0 radical (unpaired) electrons. The molecule has 0 saturated heterocycles. The van der Waals surface area contributed by atoms with Gasteiger partial charge < -0.3 is 4.74 Å². The molecular formula is C25H40O3. The monoisotopic (exact) mass is 388 g/mol. The Hall–Kier alpha value is -0.860. The number of carbonyl (C=O) groups is 2. The molecule has 0 N–H and O–H groups in total. The smallest absolute Gasteiger partial charge is 0.305 e. The van der Waals surface area contributed by atoms with E-state index in [-0.39, 0.29) is 11.4 Å². The Morgan fingerprint density at radius 3 is 2.57 bits per heavy atom. The van der Waals surface area contributed by atoms with E-state index in [9.17, 15) is 9.59 Å². The standard InChI is InChI=1S/C25H40O3/c1-16(8-11-22(27)28-4)18-9-10-19-23-20(12-14-25(18,19)3)24(2)13-6-5-7-17(24)15-21(23)26/h16-20,23H,5-15H2,1-4H3/t16-,17+,18?,19?,20?,23?,24+,25-/m1/s1. The molecule has 158 valence electrons. The largest absolute Gasteiger partial charge is 0.469 e. The van der Waals surface area contributed by atoms with Gasteiger partial charge in [-0.15, -0.1) is 0 Å². The normalized spacial score (nSPS) is 46.3. The molecule has 3 heteroatoms. The molecular weight excluding hydrogens is 348 g/mol. The third-order valence-corrected chi connectivity index (χ3v) is 10.2. The highest BCUT2D eigenvalue weighted by Gasteiger charge is 2.62. The van der Waals surface area contributed by atoms with E-state index in [2.05, 4.69) is 20.8 Å². The zero-order chi connectivity index (χ0) is 20.1. The SMILES string of the molecule is COC(=O)CC[C@@H](C)C1CCC2C3C(=O)C[C@@H]4CCCC[C@]4(C)C3CC[C@@]21C. The number of carbonyl (C=O) groups excluding carboxylic acids is 2. The first kappa shape index (κ1) is 20.4. The summed E-state index contributed by atoms with van der Waals surface area (Å²) in [4.78, 5) is 25.0. The number of esters is 1. The van der Waals surface area contributed by atoms with Crippen LogP contribution in [-0.4, -0.2) is 18.9 Å². The predicted octanol–water partition coefficient (Wildman–Crippen LogP) is 5.80. The van der Waals surface area contributed by atoms with Crippen LogP contribution in [0.25, 0.3) is 0 Å². The fourth-order valence-corrected chi connectivity index (χ4v) is 8.59. The molecule has 0 aromatic carbocycles. The van der Waals surface area contributed by atoms with Crippen LogP contribution in [0.1, 0.15) is 91.4 Å². The summed E-state index contributed by atoms with van der Waals surface area (Å²) in [5.41, 5.74) is 0.691. The van der Waals surface area contributed by atoms with Crippen LogP contribution in [0, 0.1) is 46.3 Å². The minimum atomic E-state index is -0.0889. The first-order valence-corrected chi connectivity index (χ1v) is 11.9. The Bertz CT molecular complexity index is 627. The summed E-state index contributed by atoms with van der Waals surface area (Å²) < 4.78 is 4.86. The van der Waals surface area contributed by atoms with E-state index >= 15 is 0 Å². The topological polar surface area (TPSA) is 43.4 Å². The molecule has 4 saturated carbocycles. The Morgan fingerprint density at radius 1 is 1.07 bits per heavy atom. The van der Waals surface area contributed by atoms with Gasteiger partial charge in [-0.05, 0) is 85.4 Å². The van der Waals surface area contributed by atoms with Crippen molar-refractivity contribution < 1.29 is 14.3 Å². The number of Topliss-reactive ketones (excluding diaryl/α,β-unsaturated/α-hetero) is 1. The zero-order valence-corrected chi connectivity index (χ0v) is 18.5. The minimum Gasteiger partial charge on any atom is -0.469 e. The second-order valence-corrected chi connectivity index (χ2v) is 11.2. The van der Waals surface area contributed by atoms with Gasteiger partial charge in [0.1, 0.15) is 5.78 Å². The van der Waals surface area contributed by atoms with Gasteiger partial charge in [-0.25, -0.2) is 0 Å². The first-order chi connectivity index (χ1) is 13.3. The summed E-state index contributed by atoms with van der Waals surface area (Å²) in [6.45, 7) is 7.35. The fourth-order valence-electron chi connectivity index (χ4n) is 8.59. The van der Waals surface area contributed by atoms with Crippen LogP contribution in [-0.2, 0) is 14.3 Å². The number of methoxy groups -OCH3 is 1. The van der Waals surface area contributed by atoms with E-state index in [4.69, 9.17) is 4.74 Å². The maximum absolute atomic E-state index is 13.4. The van der Waals surface area contributed by atoms with Crippen LogP contribution >= 0.6 is 0 Å². The Kier molecular flexibility index (Phi) is 5.42. The third-order valence-electron chi connectivity index (χ3n) is 10.2. The van der Waals surface area contributed by atoms with Crippen molar-refractivity contribution in [3.63, 3.8) is 0 Å². The van der Waals surface area contributed by atoms with Gasteiger partial charge in [0.15, 0.2) is 0 Å². The van der Waals surface area contributed by atoms with Crippen molar-refractivity contribution in [1.29, 1.82) is 0 Å². The average Bonchev–Trinajstić information content (AvgIpc) is 3.03. The van der Waals surface area contributed by atoms with Crippen LogP contribution in [0.15, 0.2) is 0 Å². The van der Waals surface area contributed by atoms with Gasteiger partial charge in [0, 0.05) is 18.8 Å². The number of hydrogen-bond donors (Lipinski definition) is 0. The summed E-state index contributed by atoms with van der Waals surface area (Å²) in [7, 11) is 1.48. The summed E-state index contributed by atoms with van der Waals surface area (Å²) in [5.74, 6) is 3.86. The van der Waals surface area contributed by atoms with Crippen molar-refractivity contribution in [2.45, 2.75) is 91.4 Å². The second-order valence-electron chi connectivity index (χ2n) is 11.2. The average molecular weight is 389 g/mol. The highest BCUT2D eigenvalue weighted by molar-refractivity contribution is 5.83. The van der Waals surface area contributed by atoms with E-state index in [0.29, 0.717) is 53.1 Å². The lowest BCUT2D eigenvalue weighted by Crippen LogP contribution is -2.56. The highest BCUT2D eigenvalue weighted by Crippen LogP contribution is 2.67. The van der Waals surface area contributed by atoms with Crippen LogP contribution < -0.4 is 0 Å². The van der Waals surface area contributed by atoms with E-state index in [1.807, 2.05) is 0 Å². The van der Waals surface area contributed by atoms with Gasteiger partial charge in [-0.3, -0.25) is 9.59 Å². The molecule has 8 atom stereocenters. The Balaban J connectivity index is 1.54. The molecule has 0 amide bonds. The van der Waals surface area contributed by atoms with Crippen molar-refractivity contribution in [3.8, 4) is 0 Å². The van der Waals surface area contributed by atoms with Gasteiger partial charge in [0.25, 0.3) is 0 Å². The van der Waals surface area contributed by atoms with Gasteiger partial charge in [0.2, 0.25) is 0 Å². The molecule has 0 bridgehead atoms. The molecule has 0 aliphatic heterocycles. The van der Waals surface area contributed by atoms with Gasteiger partial charge in [-0.2, -0.15) is 0 Å². The lowest BCUT2D eigenvalue weighted by Gasteiger charge is -2.60. The quantitative estimate of drug-likeness (QED) is 0.571. The molecule has 3 nitrogen and oxygen atoms in total. The summed E-state index contributed by atoms with van der Waals surface area (Å²) >= 11 is 0. The van der Waals surface area contributed by atoms with Crippen LogP contribution in [0.5, 0.6) is 0 Å². The zero-order valence-electron chi connectivity index (χ0n) is 18.5. The van der Waals surface area contributed by atoms with Crippen LogP contribution in [0.2, 0.25) is 0 Å². The van der Waals surface area contributed by atoms with E-state index in [1.165, 1.54) is 58.5 Å². The lowest BCUT2D eigenvalue weighted by molar-refractivity contribution is -0.156. The molecule has 0 aromatic rings. The number of ketones is 1. The Labute approximate surface area is 171 Å². The summed E-state index contributed by atoms with van der Waals surface area (Å²) in [6.07, 6.45) is 12.6. The maximum atomic E-state index is 13.4. The van der Waals surface area contributed by atoms with Crippen LogP contribution in [0.4, 0.5) is 0 Å². The van der Waals surface area contributed by atoms with Gasteiger partial charge in [0.05, 0.1) is 7.11 Å². The second kappa shape index (κ2) is 7.43. The predicted molar refractivity (Wildman–Crippen MR) is 111 cm³/mol. The number of rotatable bonds is 4. The molecule has 4 rings (SSSR count). The molecule has 0 heterocycles. The molecule has 0 aromatic heterocycles. The van der Waals surface area contributed by atoms with Crippen LogP contribution in [0.3, 0.4) is 0 Å². The molecule has 4 unspecified atom stereocenters. The van der Waals surface area contributed by atoms with Crippen molar-refractivity contribution in [3.05, 3.63) is 0 Å². The number of ether oxygens (including phenoxy) is 1. The van der Waals surface area contributed by atoms with E-state index in [0.717, 1.165) is 12.8 Å². The molecule has 4 fully saturated rings. The van der Waals surface area contributed by atoms with E-state index in [1.54, 1.807) is 0 Å². The fraction of sp³-hybridized carbons (Fsp3) is 0.920. The summed E-state index contributed by atoms with van der Waals surface area (Å²) in [6, 6.07) is 0. The molecule has 28 heavy (non-hydrogen) atoms. The van der Waals surface area contributed by atoms with E-state index < -0.39 is 0 Å². The van der Waals surface area contributed by atoms with Crippen molar-refractivity contribution >= 4 is 11.8 Å². The lowest BCUT2D eigenvalue weighted by atomic mass is 9.44. The van der Waals surface area contributed by atoms with Crippen molar-refractivity contribution in [2.24, 2.45) is 46.3 Å². The maximum Gasteiger partial charge on any atom is 0.305 e. The molecule has 0 spiro atoms. The van der Waals surface area contributed by atoms with Gasteiger partial charge >= 0.3 is 5.97 Å². The highest BCUT2D eigenvalue weighted by atomic mass is 16.5. The molecule has 4 aliphatic carbocycles. The first-order valence-electron chi connectivity index (χ1n) is 11.9. The molecule has 4 aliphatic rings. The number of hydrogen-bond acceptors (Lipinski definition) is 3. The van der Waals surface area contributed by atoms with Crippen molar-refractivity contribution in [2.75, 3.05) is 7.11 Å². The third kappa shape index (κ3) is 3.06.